The van der Waals surface area contributed by atoms with Crippen LogP contribution >= 0.6 is 0 Å². The van der Waals surface area contributed by atoms with Gasteiger partial charge in [0.05, 0.1) is 13.7 Å². The summed E-state index contributed by atoms with van der Waals surface area (Å²) in [6, 6.07) is 8.74. The van der Waals surface area contributed by atoms with Crippen LogP contribution in [0.4, 0.5) is 5.69 Å². The second kappa shape index (κ2) is 9.36. The fourth-order valence-corrected chi connectivity index (χ4v) is 2.22. The molecule has 2 aromatic rings. The molecular formula is C18H24N4O4. The van der Waals surface area contributed by atoms with E-state index in [2.05, 4.69) is 15.6 Å². The van der Waals surface area contributed by atoms with Crippen LogP contribution in [-0.4, -0.2) is 32.1 Å². The third kappa shape index (κ3) is 5.17. The Balaban J connectivity index is 2.13. The summed E-state index contributed by atoms with van der Waals surface area (Å²) < 4.78 is 16.2. The molecule has 1 aromatic carbocycles. The van der Waals surface area contributed by atoms with E-state index in [1.165, 1.54) is 6.07 Å². The van der Waals surface area contributed by atoms with Gasteiger partial charge in [0.2, 0.25) is 0 Å². The summed E-state index contributed by atoms with van der Waals surface area (Å²) in [5.41, 5.74) is 5.98. The summed E-state index contributed by atoms with van der Waals surface area (Å²) in [4.78, 5) is 15.5. The molecular weight excluding hydrogens is 336 g/mol. The fourth-order valence-electron chi connectivity index (χ4n) is 2.22. The monoisotopic (exact) mass is 360 g/mol. The lowest BCUT2D eigenvalue weighted by Gasteiger charge is -2.14. The van der Waals surface area contributed by atoms with Crippen molar-refractivity contribution in [3.8, 4) is 11.5 Å². The topological polar surface area (TPSA) is 111 Å². The third-order valence-electron chi connectivity index (χ3n) is 3.37. The minimum atomic E-state index is -0.605. The van der Waals surface area contributed by atoms with Crippen molar-refractivity contribution in [3.63, 3.8) is 0 Å². The van der Waals surface area contributed by atoms with Crippen LogP contribution in [0.5, 0.6) is 11.5 Å². The number of ether oxygens (including phenoxy) is 2. The number of guanidine groups is 1. The van der Waals surface area contributed by atoms with Crippen LogP contribution in [-0.2, 0) is 6.54 Å². The Hall–Kier alpha value is -3.16. The number of carbonyl (C=O) groups is 1. The highest BCUT2D eigenvalue weighted by Gasteiger charge is 2.09. The molecule has 2 rings (SSSR count). The molecule has 1 heterocycles. The number of aliphatic imine (C=N–C) groups is 1. The number of hydrogen-bond acceptors (Lipinski definition) is 5. The zero-order valence-corrected chi connectivity index (χ0v) is 15.2. The minimum Gasteiger partial charge on any atom is -0.493 e. The van der Waals surface area contributed by atoms with Gasteiger partial charge >= 0.3 is 0 Å². The summed E-state index contributed by atoms with van der Waals surface area (Å²) in [5.74, 6) is 1.93. The van der Waals surface area contributed by atoms with Crippen LogP contribution in [0.2, 0.25) is 0 Å². The minimum absolute atomic E-state index is 0.115. The highest BCUT2D eigenvalue weighted by Crippen LogP contribution is 2.30. The van der Waals surface area contributed by atoms with E-state index in [1.54, 1.807) is 13.2 Å². The second-order valence-corrected chi connectivity index (χ2v) is 5.25. The summed E-state index contributed by atoms with van der Waals surface area (Å²) in [7, 11) is 1.60. The van der Waals surface area contributed by atoms with Crippen LogP contribution in [0.25, 0.3) is 0 Å². The number of benzene rings is 1. The number of primary amides is 1. The van der Waals surface area contributed by atoms with Gasteiger partial charge in [0.25, 0.3) is 5.91 Å². The first-order valence-electron chi connectivity index (χ1n) is 8.32. The zero-order valence-electron chi connectivity index (χ0n) is 15.2. The number of hydrogen-bond donors (Lipinski definition) is 3. The van der Waals surface area contributed by atoms with Gasteiger partial charge < -0.3 is 30.3 Å². The normalized spacial score (nSPS) is 11.1. The molecule has 0 radical (unpaired) electrons. The van der Waals surface area contributed by atoms with Crippen molar-refractivity contribution in [1.82, 2.24) is 5.32 Å². The maximum absolute atomic E-state index is 11.1. The van der Waals surface area contributed by atoms with E-state index in [9.17, 15) is 4.79 Å². The number of anilines is 1. The Bertz CT molecular complexity index is 770. The first-order chi connectivity index (χ1) is 12.6. The Morgan fingerprint density at radius 1 is 1.23 bits per heavy atom. The maximum Gasteiger partial charge on any atom is 0.284 e. The van der Waals surface area contributed by atoms with Crippen LogP contribution in [0.15, 0.2) is 39.7 Å². The summed E-state index contributed by atoms with van der Waals surface area (Å²) >= 11 is 0. The van der Waals surface area contributed by atoms with E-state index < -0.39 is 5.91 Å². The number of nitrogens with two attached hydrogens (primary N) is 1. The van der Waals surface area contributed by atoms with Gasteiger partial charge in [-0.05, 0) is 38.1 Å². The third-order valence-corrected chi connectivity index (χ3v) is 3.37. The van der Waals surface area contributed by atoms with Crippen molar-refractivity contribution in [2.75, 3.05) is 25.6 Å². The number of nitrogens with zero attached hydrogens (tertiary/aromatic N) is 1. The largest absolute Gasteiger partial charge is 0.493 e. The SMILES string of the molecule is CCNC(=NCc1ccc(C(N)=O)o1)Nc1ccc(OC)c(OCC)c1. The Labute approximate surface area is 152 Å². The lowest BCUT2D eigenvalue weighted by Crippen LogP contribution is -2.30. The average Bonchev–Trinajstić information content (AvgIpc) is 3.10. The predicted octanol–water partition coefficient (Wildman–Crippen LogP) is 2.36. The molecule has 8 nitrogen and oxygen atoms in total. The highest BCUT2D eigenvalue weighted by atomic mass is 16.5. The molecule has 0 aliphatic rings. The highest BCUT2D eigenvalue weighted by molar-refractivity contribution is 5.94. The lowest BCUT2D eigenvalue weighted by molar-refractivity contribution is 0.0972. The van der Waals surface area contributed by atoms with Gasteiger partial charge in [-0.3, -0.25) is 4.79 Å². The number of methoxy groups -OCH3 is 1. The first kappa shape index (κ1) is 19.2. The molecule has 4 N–H and O–H groups in total. The van der Waals surface area contributed by atoms with Gasteiger partial charge in [-0.25, -0.2) is 4.99 Å². The standard InChI is InChI=1S/C18H24N4O4/c1-4-20-18(21-11-13-7-9-15(26-13)17(19)23)22-12-6-8-14(24-3)16(10-12)25-5-2/h6-10H,4-5,11H2,1-3H3,(H2,19,23)(H2,20,21,22). The molecule has 1 aromatic heterocycles. The predicted molar refractivity (Wildman–Crippen MR) is 99.8 cm³/mol. The lowest BCUT2D eigenvalue weighted by atomic mass is 10.2. The van der Waals surface area contributed by atoms with E-state index in [4.69, 9.17) is 19.6 Å². The zero-order chi connectivity index (χ0) is 18.9. The van der Waals surface area contributed by atoms with Crippen LogP contribution in [0.3, 0.4) is 0 Å². The van der Waals surface area contributed by atoms with Gasteiger partial charge in [0.1, 0.15) is 12.3 Å². The molecule has 0 unspecified atom stereocenters. The van der Waals surface area contributed by atoms with E-state index in [-0.39, 0.29) is 12.3 Å². The van der Waals surface area contributed by atoms with Crippen molar-refractivity contribution in [2.45, 2.75) is 20.4 Å². The van der Waals surface area contributed by atoms with E-state index >= 15 is 0 Å². The molecule has 0 aliphatic heterocycles. The van der Waals surface area contributed by atoms with Crippen molar-refractivity contribution >= 4 is 17.6 Å². The summed E-state index contributed by atoms with van der Waals surface area (Å²) in [6.07, 6.45) is 0. The van der Waals surface area contributed by atoms with E-state index in [0.29, 0.717) is 36.4 Å². The van der Waals surface area contributed by atoms with Crippen molar-refractivity contribution in [1.29, 1.82) is 0 Å². The molecule has 0 atom stereocenters. The quantitative estimate of drug-likeness (QED) is 0.492. The molecule has 0 saturated carbocycles. The van der Waals surface area contributed by atoms with Crippen LogP contribution in [0.1, 0.15) is 30.2 Å². The van der Waals surface area contributed by atoms with Crippen LogP contribution in [0, 0.1) is 0 Å². The summed E-state index contributed by atoms with van der Waals surface area (Å²) in [6.45, 7) is 5.36. The number of furan rings is 1. The van der Waals surface area contributed by atoms with Crippen LogP contribution < -0.4 is 25.8 Å². The maximum atomic E-state index is 11.1. The van der Waals surface area contributed by atoms with Gasteiger partial charge in [-0.15, -0.1) is 0 Å². The molecule has 0 bridgehead atoms. The second-order valence-electron chi connectivity index (χ2n) is 5.25. The molecule has 0 fully saturated rings. The van der Waals surface area contributed by atoms with Gasteiger partial charge in [0.15, 0.2) is 23.2 Å². The Morgan fingerprint density at radius 3 is 2.65 bits per heavy atom. The molecule has 1 amide bonds. The fraction of sp³-hybridized carbons (Fsp3) is 0.333. The number of amides is 1. The molecule has 26 heavy (non-hydrogen) atoms. The average molecular weight is 360 g/mol. The molecule has 8 heteroatoms. The molecule has 0 saturated heterocycles. The van der Waals surface area contributed by atoms with Crippen molar-refractivity contribution in [2.24, 2.45) is 10.7 Å². The molecule has 0 spiro atoms. The Kier molecular flexibility index (Phi) is 6.90. The van der Waals surface area contributed by atoms with Crippen molar-refractivity contribution < 1.29 is 18.7 Å². The first-order valence-corrected chi connectivity index (χ1v) is 8.32. The number of rotatable bonds is 8. The number of nitrogens with one attached hydrogen (secondary N) is 2. The number of carbonyl (C=O) groups excluding carboxylic acids is 1. The molecule has 0 aliphatic carbocycles. The van der Waals surface area contributed by atoms with Gasteiger partial charge in [-0.2, -0.15) is 0 Å². The van der Waals surface area contributed by atoms with Crippen molar-refractivity contribution in [3.05, 3.63) is 41.9 Å². The van der Waals surface area contributed by atoms with Gasteiger partial charge in [-0.1, -0.05) is 0 Å². The summed E-state index contributed by atoms with van der Waals surface area (Å²) in [5, 5.41) is 6.34. The van der Waals surface area contributed by atoms with E-state index in [0.717, 1.165) is 5.69 Å². The molecule has 140 valence electrons. The Morgan fingerprint density at radius 2 is 2.04 bits per heavy atom. The smallest absolute Gasteiger partial charge is 0.284 e. The van der Waals surface area contributed by atoms with Gasteiger partial charge in [0, 0.05) is 18.3 Å². The van der Waals surface area contributed by atoms with E-state index in [1.807, 2.05) is 32.0 Å².